The van der Waals surface area contributed by atoms with Gasteiger partial charge in [-0.15, -0.1) is 5.10 Å². The number of fused-ring (bicyclic) bond motifs is 1. The van der Waals surface area contributed by atoms with Crippen LogP contribution in [-0.4, -0.2) is 35.6 Å². The second-order valence-corrected chi connectivity index (χ2v) is 5.40. The lowest BCUT2D eigenvalue weighted by molar-refractivity contribution is -0.146. The Balaban J connectivity index is 2.10. The number of imidazole rings is 1. The van der Waals surface area contributed by atoms with Crippen LogP contribution in [0.1, 0.15) is 13.8 Å². The van der Waals surface area contributed by atoms with Crippen molar-refractivity contribution in [3.8, 4) is 11.5 Å². The molecule has 0 saturated carbocycles. The number of nitrogens with zero attached hydrogens (tertiary/aromatic N) is 5. The monoisotopic (exact) mass is 285 g/mol. The highest BCUT2D eigenvalue weighted by molar-refractivity contribution is 5.80. The SMILES string of the molecule is Cn1c(-c2cn(C(C)(C)C(=O)O)nn2)nc2ccccc21. The number of aryl methyl sites for hydroxylation is 1. The molecule has 0 spiro atoms. The van der Waals surface area contributed by atoms with Crippen LogP contribution in [0.3, 0.4) is 0 Å². The van der Waals surface area contributed by atoms with Crippen molar-refractivity contribution < 1.29 is 9.90 Å². The van der Waals surface area contributed by atoms with Gasteiger partial charge in [0.15, 0.2) is 11.4 Å². The van der Waals surface area contributed by atoms with Crippen LogP contribution in [0.2, 0.25) is 0 Å². The average molecular weight is 285 g/mol. The first-order valence-corrected chi connectivity index (χ1v) is 6.49. The van der Waals surface area contributed by atoms with Gasteiger partial charge < -0.3 is 9.67 Å². The lowest BCUT2D eigenvalue weighted by atomic mass is 10.1. The molecule has 0 radical (unpaired) electrons. The summed E-state index contributed by atoms with van der Waals surface area (Å²) in [6.45, 7) is 3.14. The first-order valence-electron chi connectivity index (χ1n) is 6.49. The van der Waals surface area contributed by atoms with E-state index in [-0.39, 0.29) is 0 Å². The highest BCUT2D eigenvalue weighted by Crippen LogP contribution is 2.23. The second kappa shape index (κ2) is 4.41. The normalized spacial score (nSPS) is 12.0. The molecule has 108 valence electrons. The zero-order valence-electron chi connectivity index (χ0n) is 12.0. The Morgan fingerprint density at radius 1 is 1.29 bits per heavy atom. The zero-order chi connectivity index (χ0) is 15.2. The molecule has 0 aliphatic rings. The average Bonchev–Trinajstić information content (AvgIpc) is 3.04. The maximum absolute atomic E-state index is 11.3. The van der Waals surface area contributed by atoms with E-state index in [1.165, 1.54) is 4.68 Å². The first kappa shape index (κ1) is 13.3. The summed E-state index contributed by atoms with van der Waals surface area (Å²) >= 11 is 0. The van der Waals surface area contributed by atoms with E-state index in [0.717, 1.165) is 11.0 Å². The Kier molecular flexibility index (Phi) is 2.79. The van der Waals surface area contributed by atoms with Gasteiger partial charge in [0.05, 0.1) is 17.2 Å². The fraction of sp³-hybridized carbons (Fsp3) is 0.286. The van der Waals surface area contributed by atoms with Gasteiger partial charge in [-0.25, -0.2) is 14.5 Å². The van der Waals surface area contributed by atoms with Crippen LogP contribution >= 0.6 is 0 Å². The summed E-state index contributed by atoms with van der Waals surface area (Å²) in [4.78, 5) is 15.8. The number of aromatic nitrogens is 5. The predicted octanol–water partition coefficient (Wildman–Crippen LogP) is 1.65. The quantitative estimate of drug-likeness (QED) is 0.790. The molecule has 0 fully saturated rings. The van der Waals surface area contributed by atoms with Crippen LogP contribution in [0.5, 0.6) is 0 Å². The maximum atomic E-state index is 11.3. The van der Waals surface area contributed by atoms with E-state index in [4.69, 9.17) is 0 Å². The molecular weight excluding hydrogens is 270 g/mol. The molecular formula is C14H15N5O2. The largest absolute Gasteiger partial charge is 0.479 e. The van der Waals surface area contributed by atoms with Crippen molar-refractivity contribution in [1.29, 1.82) is 0 Å². The van der Waals surface area contributed by atoms with Gasteiger partial charge >= 0.3 is 5.97 Å². The van der Waals surface area contributed by atoms with Crippen LogP contribution in [0.4, 0.5) is 0 Å². The Labute approximate surface area is 120 Å². The Bertz CT molecular complexity index is 831. The lowest BCUT2D eigenvalue weighted by Crippen LogP contribution is -2.36. The molecule has 7 nitrogen and oxygen atoms in total. The molecule has 0 atom stereocenters. The maximum Gasteiger partial charge on any atom is 0.331 e. The number of carboxylic acid groups (broad SMARTS) is 1. The predicted molar refractivity (Wildman–Crippen MR) is 76.7 cm³/mol. The van der Waals surface area contributed by atoms with Crippen LogP contribution in [-0.2, 0) is 17.4 Å². The molecule has 0 aliphatic heterocycles. The summed E-state index contributed by atoms with van der Waals surface area (Å²) < 4.78 is 3.25. The molecule has 0 unspecified atom stereocenters. The molecule has 2 heterocycles. The minimum atomic E-state index is -1.16. The Hall–Kier alpha value is -2.70. The Morgan fingerprint density at radius 3 is 2.67 bits per heavy atom. The summed E-state index contributed by atoms with van der Waals surface area (Å²) in [5.41, 5.74) is 1.24. The number of rotatable bonds is 3. The molecule has 21 heavy (non-hydrogen) atoms. The van der Waals surface area contributed by atoms with Crippen molar-refractivity contribution in [2.24, 2.45) is 7.05 Å². The number of aliphatic carboxylic acids is 1. The molecule has 0 bridgehead atoms. The van der Waals surface area contributed by atoms with Crippen LogP contribution in [0.25, 0.3) is 22.6 Å². The summed E-state index contributed by atoms with van der Waals surface area (Å²) in [7, 11) is 1.89. The van der Waals surface area contributed by atoms with Crippen molar-refractivity contribution in [3.63, 3.8) is 0 Å². The van der Waals surface area contributed by atoms with Gasteiger partial charge in [0.2, 0.25) is 0 Å². The number of hydrogen-bond acceptors (Lipinski definition) is 4. The Morgan fingerprint density at radius 2 is 2.00 bits per heavy atom. The van der Waals surface area contributed by atoms with E-state index in [1.807, 2.05) is 35.9 Å². The molecule has 3 aromatic rings. The smallest absolute Gasteiger partial charge is 0.331 e. The van der Waals surface area contributed by atoms with Crippen LogP contribution < -0.4 is 0 Å². The molecule has 2 aromatic heterocycles. The van der Waals surface area contributed by atoms with E-state index in [9.17, 15) is 9.90 Å². The van der Waals surface area contributed by atoms with Gasteiger partial charge in [0.1, 0.15) is 5.69 Å². The van der Waals surface area contributed by atoms with E-state index in [0.29, 0.717) is 11.5 Å². The molecule has 0 saturated heterocycles. The number of hydrogen-bond donors (Lipinski definition) is 1. The minimum absolute atomic E-state index is 0.544. The van der Waals surface area contributed by atoms with E-state index >= 15 is 0 Å². The van der Waals surface area contributed by atoms with Gasteiger partial charge in [0, 0.05) is 7.05 Å². The third-order valence-corrected chi connectivity index (χ3v) is 3.61. The molecule has 1 N–H and O–H groups in total. The minimum Gasteiger partial charge on any atom is -0.479 e. The van der Waals surface area contributed by atoms with Crippen LogP contribution in [0.15, 0.2) is 30.5 Å². The fourth-order valence-corrected chi connectivity index (χ4v) is 2.11. The van der Waals surface area contributed by atoms with Crippen molar-refractivity contribution in [3.05, 3.63) is 30.5 Å². The van der Waals surface area contributed by atoms with Gasteiger partial charge in [-0.2, -0.15) is 0 Å². The number of carbonyl (C=O) groups is 1. The third kappa shape index (κ3) is 1.97. The second-order valence-electron chi connectivity index (χ2n) is 5.40. The first-order chi connectivity index (χ1) is 9.91. The van der Waals surface area contributed by atoms with E-state index in [1.54, 1.807) is 20.0 Å². The summed E-state index contributed by atoms with van der Waals surface area (Å²) in [5.74, 6) is -0.312. The highest BCUT2D eigenvalue weighted by atomic mass is 16.4. The number of carboxylic acids is 1. The van der Waals surface area contributed by atoms with Crippen molar-refractivity contribution in [2.45, 2.75) is 19.4 Å². The molecule has 3 rings (SSSR count). The molecule has 0 amide bonds. The van der Waals surface area contributed by atoms with Crippen LogP contribution in [0, 0.1) is 0 Å². The van der Waals surface area contributed by atoms with Gasteiger partial charge in [0.25, 0.3) is 0 Å². The summed E-state index contributed by atoms with van der Waals surface area (Å²) in [5, 5.41) is 17.2. The lowest BCUT2D eigenvalue weighted by Gasteiger charge is -2.18. The number of para-hydroxylation sites is 2. The third-order valence-electron chi connectivity index (χ3n) is 3.61. The van der Waals surface area contributed by atoms with Crippen molar-refractivity contribution in [1.82, 2.24) is 24.5 Å². The highest BCUT2D eigenvalue weighted by Gasteiger charge is 2.31. The standard InChI is InChI=1S/C14H15N5O2/c1-14(2,13(20)21)19-8-10(16-17-19)12-15-9-6-4-5-7-11(9)18(12)3/h4-8H,1-3H3,(H,20,21). The van der Waals surface area contributed by atoms with Gasteiger partial charge in [-0.05, 0) is 26.0 Å². The van der Waals surface area contributed by atoms with E-state index < -0.39 is 11.5 Å². The van der Waals surface area contributed by atoms with Crippen molar-refractivity contribution >= 4 is 17.0 Å². The summed E-state index contributed by atoms with van der Waals surface area (Å²) in [6, 6.07) is 7.75. The van der Waals surface area contributed by atoms with Crippen molar-refractivity contribution in [2.75, 3.05) is 0 Å². The van der Waals surface area contributed by atoms with Gasteiger partial charge in [-0.1, -0.05) is 17.3 Å². The van der Waals surface area contributed by atoms with Gasteiger partial charge in [-0.3, -0.25) is 0 Å². The zero-order valence-corrected chi connectivity index (χ0v) is 12.0. The fourth-order valence-electron chi connectivity index (χ4n) is 2.11. The molecule has 0 aliphatic carbocycles. The molecule has 1 aromatic carbocycles. The molecule has 7 heteroatoms. The van der Waals surface area contributed by atoms with E-state index in [2.05, 4.69) is 15.3 Å². The summed E-state index contributed by atoms with van der Waals surface area (Å²) in [6.07, 6.45) is 1.61. The number of benzene rings is 1. The topological polar surface area (TPSA) is 85.8 Å².